The number of carbonyl (C=O) groups is 7. The molecule has 6 aliphatic rings. The number of fused-ring (bicyclic) bond motifs is 6. The van der Waals surface area contributed by atoms with Crippen LogP contribution in [0.4, 0.5) is 9.59 Å². The lowest BCUT2D eigenvalue weighted by atomic mass is 9.84. The lowest BCUT2D eigenvalue weighted by molar-refractivity contribution is -0.147. The second kappa shape index (κ2) is 24.9. The normalized spacial score (nSPS) is 22.7. The molecule has 0 bridgehead atoms. The number of carboxylic acids is 2. The largest absolute Gasteiger partial charge is 0.484 e. The minimum Gasteiger partial charge on any atom is -0.484 e. The quantitative estimate of drug-likeness (QED) is 0.0599. The molecule has 20 heteroatoms. The minimum atomic E-state index is -1.13. The number of ether oxygens (including phenoxy) is 5. The number of benzene rings is 2. The van der Waals surface area contributed by atoms with Crippen molar-refractivity contribution in [1.29, 1.82) is 0 Å². The average Bonchev–Trinajstić information content (AvgIpc) is 4.09. The number of hydrogen-bond acceptors (Lipinski definition) is 14. The van der Waals surface area contributed by atoms with E-state index < -0.39 is 77.4 Å². The van der Waals surface area contributed by atoms with Crippen molar-refractivity contribution in [3.63, 3.8) is 0 Å². The van der Waals surface area contributed by atoms with Gasteiger partial charge in [0.15, 0.2) is 6.23 Å². The monoisotopic (exact) mass is 1120 g/mol. The van der Waals surface area contributed by atoms with Crippen molar-refractivity contribution in [3.05, 3.63) is 92.1 Å². The molecule has 6 heterocycles. The zero-order chi connectivity index (χ0) is 58.7. The molecule has 81 heavy (non-hydrogen) atoms. The summed E-state index contributed by atoms with van der Waals surface area (Å²) in [7, 11) is 0. The average molecular weight is 1120 g/mol. The zero-order valence-corrected chi connectivity index (χ0v) is 47.8. The Morgan fingerprint density at radius 3 is 1.53 bits per heavy atom. The van der Waals surface area contributed by atoms with Crippen molar-refractivity contribution in [2.24, 2.45) is 11.8 Å². The number of aliphatic hydroxyl groups is 2. The first kappa shape index (κ1) is 59.9. The summed E-state index contributed by atoms with van der Waals surface area (Å²) in [4.78, 5) is 96.6. The van der Waals surface area contributed by atoms with Crippen LogP contribution in [0.1, 0.15) is 163 Å². The highest BCUT2D eigenvalue weighted by molar-refractivity contribution is 6.01. The first-order valence-electron chi connectivity index (χ1n) is 28.2. The number of carboxylic acid groups (broad SMARTS) is 2. The Kier molecular flexibility index (Phi) is 18.4. The molecule has 2 aromatic rings. The van der Waals surface area contributed by atoms with Crippen molar-refractivity contribution in [2.75, 3.05) is 32.7 Å². The van der Waals surface area contributed by atoms with Gasteiger partial charge in [-0.25, -0.2) is 9.59 Å². The predicted octanol–water partition coefficient (Wildman–Crippen LogP) is 8.66. The maximum atomic E-state index is 14.6. The smallest absolute Gasteiger partial charge is 0.415 e. The molecule has 2 aromatic carbocycles. The van der Waals surface area contributed by atoms with Gasteiger partial charge in [-0.15, -0.1) is 0 Å². The molecule has 6 aliphatic heterocycles. The number of nitrogens with zero attached hydrogens (tertiary/aromatic N) is 4. The predicted molar refractivity (Wildman–Crippen MR) is 296 cm³/mol. The van der Waals surface area contributed by atoms with E-state index in [1.54, 1.807) is 11.8 Å². The number of rotatable bonds is 23. The summed E-state index contributed by atoms with van der Waals surface area (Å²) in [5, 5.41) is 42.3. The molecule has 438 valence electrons. The molecule has 2 fully saturated rings. The van der Waals surface area contributed by atoms with Gasteiger partial charge in [0, 0.05) is 74.2 Å². The van der Waals surface area contributed by atoms with Gasteiger partial charge in [-0.2, -0.15) is 0 Å². The Labute approximate surface area is 472 Å². The van der Waals surface area contributed by atoms with E-state index in [-0.39, 0.29) is 106 Å². The second-order valence-electron chi connectivity index (χ2n) is 23.6. The maximum absolute atomic E-state index is 14.6. The van der Waals surface area contributed by atoms with E-state index in [4.69, 9.17) is 23.7 Å². The van der Waals surface area contributed by atoms with Crippen LogP contribution < -0.4 is 18.9 Å². The lowest BCUT2D eigenvalue weighted by Crippen LogP contribution is -2.54. The first-order chi connectivity index (χ1) is 38.4. The number of aliphatic carboxylic acids is 2. The van der Waals surface area contributed by atoms with Crippen LogP contribution in [0.25, 0.3) is 0 Å². The Hall–Kier alpha value is -7.19. The highest BCUT2D eigenvalue weighted by Crippen LogP contribution is 2.49. The Balaban J connectivity index is 1.01. The van der Waals surface area contributed by atoms with Crippen LogP contribution in [0, 0.1) is 11.8 Å². The first-order valence-corrected chi connectivity index (χ1v) is 28.2. The van der Waals surface area contributed by atoms with E-state index in [1.165, 1.54) is 49.1 Å². The van der Waals surface area contributed by atoms with E-state index in [2.05, 4.69) is 65.8 Å². The summed E-state index contributed by atoms with van der Waals surface area (Å²) >= 11 is 0. The Morgan fingerprint density at radius 1 is 0.654 bits per heavy atom. The van der Waals surface area contributed by atoms with E-state index in [1.807, 2.05) is 6.92 Å². The molecule has 0 unspecified atom stereocenters. The minimum absolute atomic E-state index is 0.00922. The van der Waals surface area contributed by atoms with Gasteiger partial charge in [-0.1, -0.05) is 46.6 Å². The number of amides is 4. The van der Waals surface area contributed by atoms with Crippen molar-refractivity contribution in [2.45, 2.75) is 175 Å². The van der Waals surface area contributed by atoms with Gasteiger partial charge in [0.25, 0.3) is 18.3 Å². The SMILES string of the molecule is CC(C)=CCC/C(C)=C/CC[C@@]1(C)Oc2c(c(OC(=O)N3CC(C(=O)O)C3)cc3c2CN(CCC[C@@H](OC=O)N2Cc4c(cc(OC(=O)N5CC(C(=O)O)C5)c5c4O[C@](C)(CC/C=C(\C)CCC=C(C)C)[C@@H](O)C5)C2=O)C3=O)C[C@@H]1O. The number of likely N-dealkylation sites (tertiary alicyclic amines) is 2. The van der Waals surface area contributed by atoms with Gasteiger partial charge in [-0.3, -0.25) is 28.9 Å². The van der Waals surface area contributed by atoms with Crippen LogP contribution in [0.3, 0.4) is 0 Å². The summed E-state index contributed by atoms with van der Waals surface area (Å²) in [6.07, 6.45) is 9.81. The van der Waals surface area contributed by atoms with Crippen LogP contribution >= 0.6 is 0 Å². The summed E-state index contributed by atoms with van der Waals surface area (Å²) < 4.78 is 30.9. The van der Waals surface area contributed by atoms with Crippen LogP contribution in [-0.2, 0) is 45.1 Å². The molecule has 5 atom stereocenters. The third kappa shape index (κ3) is 13.3. The molecule has 0 spiro atoms. The summed E-state index contributed by atoms with van der Waals surface area (Å²) in [6.45, 7) is 16.2. The Morgan fingerprint density at radius 2 is 1.10 bits per heavy atom. The second-order valence-corrected chi connectivity index (χ2v) is 23.6. The van der Waals surface area contributed by atoms with E-state index in [0.717, 1.165) is 25.7 Å². The van der Waals surface area contributed by atoms with Crippen molar-refractivity contribution in [1.82, 2.24) is 19.6 Å². The molecule has 0 saturated carbocycles. The van der Waals surface area contributed by atoms with Gasteiger partial charge in [0.2, 0.25) is 0 Å². The molecular weight excluding hydrogens is 1040 g/mol. The fraction of sp³-hybridized carbons (Fsp3) is 0.557. The van der Waals surface area contributed by atoms with Gasteiger partial charge < -0.3 is 58.8 Å². The number of allylic oxidation sites excluding steroid dienone is 8. The van der Waals surface area contributed by atoms with Crippen molar-refractivity contribution in [3.8, 4) is 23.0 Å². The van der Waals surface area contributed by atoms with Gasteiger partial charge in [-0.05, 0) is 125 Å². The third-order valence-electron chi connectivity index (χ3n) is 16.7. The molecule has 4 N–H and O–H groups in total. The van der Waals surface area contributed by atoms with Gasteiger partial charge >= 0.3 is 24.1 Å². The fourth-order valence-corrected chi connectivity index (χ4v) is 11.3. The lowest BCUT2D eigenvalue weighted by Gasteiger charge is -2.41. The molecule has 0 aromatic heterocycles. The Bertz CT molecular complexity index is 2940. The van der Waals surface area contributed by atoms with Crippen molar-refractivity contribution < 1.29 is 77.7 Å². The molecule has 0 aliphatic carbocycles. The number of aliphatic hydroxyl groups excluding tert-OH is 2. The third-order valence-corrected chi connectivity index (χ3v) is 16.7. The number of hydrogen-bond donors (Lipinski definition) is 4. The summed E-state index contributed by atoms with van der Waals surface area (Å²) in [5.74, 6) is -3.91. The summed E-state index contributed by atoms with van der Waals surface area (Å²) in [6, 6.07) is 2.88. The highest BCUT2D eigenvalue weighted by Gasteiger charge is 2.48. The van der Waals surface area contributed by atoms with E-state index >= 15 is 0 Å². The van der Waals surface area contributed by atoms with Crippen LogP contribution in [0.2, 0.25) is 0 Å². The topological polar surface area (TPSA) is 260 Å². The zero-order valence-electron chi connectivity index (χ0n) is 47.8. The molecule has 8 rings (SSSR count). The highest BCUT2D eigenvalue weighted by atomic mass is 16.6. The summed E-state index contributed by atoms with van der Waals surface area (Å²) in [5.41, 5.74) is 4.76. The molecule has 0 radical (unpaired) electrons. The van der Waals surface area contributed by atoms with Crippen LogP contribution in [0.15, 0.2) is 58.7 Å². The van der Waals surface area contributed by atoms with Crippen LogP contribution in [-0.4, -0.2) is 145 Å². The molecule has 2 saturated heterocycles. The van der Waals surface area contributed by atoms with E-state index in [0.29, 0.717) is 53.7 Å². The van der Waals surface area contributed by atoms with Gasteiger partial charge in [0.05, 0.1) is 48.3 Å². The maximum Gasteiger partial charge on any atom is 0.415 e. The van der Waals surface area contributed by atoms with E-state index in [9.17, 15) is 54.0 Å². The van der Waals surface area contributed by atoms with Crippen LogP contribution in [0.5, 0.6) is 23.0 Å². The van der Waals surface area contributed by atoms with Crippen molar-refractivity contribution >= 4 is 42.4 Å². The van der Waals surface area contributed by atoms with Gasteiger partial charge in [0.1, 0.15) is 34.2 Å². The number of carbonyl (C=O) groups excluding carboxylic acids is 5. The standard InChI is InChI=1S/C61H78N4O16/c1-35(2)14-9-16-37(5)18-11-21-60(7)49(67)26-43-47(78-58(75)63-28-39(29-63)56(71)72)24-41-45(52(43)80-60)32-62(54(41)69)23-13-20-51(77-34-66)65-33-46-42(55(65)70)25-48(79-59(76)64-30-40(31-64)57(73)74)44-27-50(68)61(8,81-53(44)46)22-12-19-38(6)17-10-15-36(3)4/h14-15,18-19,24-25,34,39-40,49-51,67-68H,9-13,16-17,20-23,26-33H2,1-8H3,(H,71,72)(H,73,74)/b37-18+,38-19+/t49-,50-,51+,60+,61+/m0/s1. The fourth-order valence-electron chi connectivity index (χ4n) is 11.3. The molecule has 4 amide bonds. The molecule has 20 nitrogen and oxygen atoms in total. The molecular formula is C61H78N4O16.